The summed E-state index contributed by atoms with van der Waals surface area (Å²) in [6.45, 7) is 0.435. The predicted molar refractivity (Wildman–Crippen MR) is 98.9 cm³/mol. The first-order valence-electron chi connectivity index (χ1n) is 8.15. The van der Waals surface area contributed by atoms with Gasteiger partial charge in [-0.05, 0) is 30.3 Å². The molecule has 0 atom stereocenters. The molecule has 0 bridgehead atoms. The molecule has 7 heteroatoms. The van der Waals surface area contributed by atoms with Crippen LogP contribution in [0.1, 0.15) is 15.9 Å². The third-order valence-electron chi connectivity index (χ3n) is 3.88. The molecule has 3 aromatic rings. The number of hydrogen-bond acceptors (Lipinski definition) is 4. The molecule has 27 heavy (non-hydrogen) atoms. The zero-order chi connectivity index (χ0) is 19.2. The lowest BCUT2D eigenvalue weighted by Gasteiger charge is -2.11. The Morgan fingerprint density at radius 1 is 1.07 bits per heavy atom. The summed E-state index contributed by atoms with van der Waals surface area (Å²) in [5.41, 5.74) is 0.656. The maximum absolute atomic E-state index is 13.7. The Morgan fingerprint density at radius 3 is 2.56 bits per heavy atom. The van der Waals surface area contributed by atoms with Crippen molar-refractivity contribution in [1.29, 1.82) is 0 Å². The maximum atomic E-state index is 13.7. The van der Waals surface area contributed by atoms with Crippen LogP contribution in [0.15, 0.2) is 60.8 Å². The van der Waals surface area contributed by atoms with E-state index in [4.69, 9.17) is 4.74 Å². The van der Waals surface area contributed by atoms with Crippen LogP contribution >= 0.6 is 0 Å². The van der Waals surface area contributed by atoms with Gasteiger partial charge in [0, 0.05) is 23.9 Å². The third-order valence-corrected chi connectivity index (χ3v) is 3.88. The topological polar surface area (TPSA) is 63.2 Å². The number of rotatable bonds is 6. The van der Waals surface area contributed by atoms with Crippen LogP contribution in [0.4, 0.5) is 20.3 Å². The second-order valence-electron chi connectivity index (χ2n) is 5.65. The minimum Gasteiger partial charge on any atom is -0.496 e. The minimum absolute atomic E-state index is 0.218. The number of carbonyl (C=O) groups excluding carboxylic acids is 1. The highest BCUT2D eigenvalue weighted by Gasteiger charge is 2.14. The van der Waals surface area contributed by atoms with Crippen LogP contribution in [-0.4, -0.2) is 18.0 Å². The Labute approximate surface area is 155 Å². The Bertz CT molecular complexity index is 943. The molecule has 1 amide bonds. The van der Waals surface area contributed by atoms with E-state index < -0.39 is 23.2 Å². The molecule has 0 aliphatic heterocycles. The largest absolute Gasteiger partial charge is 0.496 e. The number of hydrogen-bond donors (Lipinski definition) is 2. The van der Waals surface area contributed by atoms with Crippen LogP contribution in [0, 0.1) is 11.6 Å². The van der Waals surface area contributed by atoms with Gasteiger partial charge >= 0.3 is 0 Å². The fraction of sp³-hybridized carbons (Fsp3) is 0.100. The molecule has 2 aromatic carbocycles. The van der Waals surface area contributed by atoms with Crippen molar-refractivity contribution in [2.45, 2.75) is 6.54 Å². The summed E-state index contributed by atoms with van der Waals surface area (Å²) in [6, 6.07) is 13.9. The molecule has 2 N–H and O–H groups in total. The number of anilines is 2. The van der Waals surface area contributed by atoms with Gasteiger partial charge in [0.1, 0.15) is 28.9 Å². The van der Waals surface area contributed by atoms with Gasteiger partial charge in [-0.2, -0.15) is 0 Å². The van der Waals surface area contributed by atoms with E-state index in [1.54, 1.807) is 7.11 Å². The number of carbonyl (C=O) groups is 1. The first kappa shape index (κ1) is 18.3. The number of ether oxygens (including phenoxy) is 1. The SMILES string of the molecule is COc1ccccc1CNc1cc(C(=O)Nc2c(F)cccc2F)ccn1. The average Bonchev–Trinajstić information content (AvgIpc) is 2.69. The smallest absolute Gasteiger partial charge is 0.256 e. The molecule has 0 fully saturated rings. The number of amides is 1. The van der Waals surface area contributed by atoms with E-state index in [9.17, 15) is 13.6 Å². The molecule has 0 saturated heterocycles. The van der Waals surface area contributed by atoms with Crippen molar-refractivity contribution in [3.8, 4) is 5.75 Å². The van der Waals surface area contributed by atoms with Crippen LogP contribution < -0.4 is 15.4 Å². The number of benzene rings is 2. The number of nitrogens with one attached hydrogen (secondary N) is 2. The summed E-state index contributed by atoms with van der Waals surface area (Å²) in [7, 11) is 1.59. The first-order valence-corrected chi connectivity index (χ1v) is 8.15. The van der Waals surface area contributed by atoms with Gasteiger partial charge < -0.3 is 15.4 Å². The zero-order valence-electron chi connectivity index (χ0n) is 14.5. The van der Waals surface area contributed by atoms with E-state index >= 15 is 0 Å². The van der Waals surface area contributed by atoms with Gasteiger partial charge in [0.05, 0.1) is 7.11 Å². The van der Waals surface area contributed by atoms with Gasteiger partial charge in [-0.3, -0.25) is 4.79 Å². The van der Waals surface area contributed by atoms with Gasteiger partial charge in [-0.1, -0.05) is 24.3 Å². The molecule has 0 aliphatic carbocycles. The van der Waals surface area contributed by atoms with Crippen molar-refractivity contribution < 1.29 is 18.3 Å². The second kappa shape index (κ2) is 8.27. The van der Waals surface area contributed by atoms with E-state index in [1.165, 1.54) is 24.4 Å². The summed E-state index contributed by atoms with van der Waals surface area (Å²) in [4.78, 5) is 16.5. The van der Waals surface area contributed by atoms with Crippen molar-refractivity contribution in [2.24, 2.45) is 0 Å². The highest BCUT2D eigenvalue weighted by molar-refractivity contribution is 6.04. The quantitative estimate of drug-likeness (QED) is 0.682. The lowest BCUT2D eigenvalue weighted by molar-refractivity contribution is 0.102. The molecule has 138 valence electrons. The molecule has 0 saturated carbocycles. The summed E-state index contributed by atoms with van der Waals surface area (Å²) in [5.74, 6) is -1.14. The van der Waals surface area contributed by atoms with Crippen LogP contribution in [0.25, 0.3) is 0 Å². The van der Waals surface area contributed by atoms with E-state index in [0.717, 1.165) is 23.4 Å². The normalized spacial score (nSPS) is 10.3. The van der Waals surface area contributed by atoms with Crippen LogP contribution in [0.5, 0.6) is 5.75 Å². The van der Waals surface area contributed by atoms with Gasteiger partial charge in [0.15, 0.2) is 0 Å². The van der Waals surface area contributed by atoms with Crippen LogP contribution in [0.3, 0.4) is 0 Å². The minimum atomic E-state index is -0.841. The molecular formula is C20H17F2N3O2. The molecule has 0 unspecified atom stereocenters. The molecule has 0 aliphatic rings. The summed E-state index contributed by atoms with van der Waals surface area (Å²) >= 11 is 0. The monoisotopic (exact) mass is 369 g/mol. The second-order valence-corrected chi connectivity index (χ2v) is 5.65. The highest BCUT2D eigenvalue weighted by atomic mass is 19.1. The van der Waals surface area contributed by atoms with Crippen molar-refractivity contribution in [2.75, 3.05) is 17.7 Å². The molecular weight excluding hydrogens is 352 g/mol. The highest BCUT2D eigenvalue weighted by Crippen LogP contribution is 2.21. The van der Waals surface area contributed by atoms with E-state index in [1.807, 2.05) is 24.3 Å². The van der Waals surface area contributed by atoms with Gasteiger partial charge in [-0.15, -0.1) is 0 Å². The number of para-hydroxylation sites is 2. The van der Waals surface area contributed by atoms with Gasteiger partial charge in [-0.25, -0.2) is 13.8 Å². The number of nitrogens with zero attached hydrogens (tertiary/aromatic N) is 1. The Kier molecular flexibility index (Phi) is 5.61. The summed E-state index contributed by atoms with van der Waals surface area (Å²) in [5, 5.41) is 5.35. The maximum Gasteiger partial charge on any atom is 0.256 e. The molecule has 3 rings (SSSR count). The van der Waals surface area contributed by atoms with E-state index in [2.05, 4.69) is 15.6 Å². The summed E-state index contributed by atoms with van der Waals surface area (Å²) in [6.07, 6.45) is 1.44. The lowest BCUT2D eigenvalue weighted by Crippen LogP contribution is -2.15. The van der Waals surface area contributed by atoms with Crippen LogP contribution in [0.2, 0.25) is 0 Å². The lowest BCUT2D eigenvalue weighted by atomic mass is 10.2. The molecule has 5 nitrogen and oxygen atoms in total. The zero-order valence-corrected chi connectivity index (χ0v) is 14.5. The fourth-order valence-electron chi connectivity index (χ4n) is 2.51. The third kappa shape index (κ3) is 4.38. The number of aromatic nitrogens is 1. The van der Waals surface area contributed by atoms with Gasteiger partial charge in [0.25, 0.3) is 5.91 Å². The Hall–Kier alpha value is -3.48. The van der Waals surface area contributed by atoms with Gasteiger partial charge in [0.2, 0.25) is 0 Å². The molecule has 1 heterocycles. The van der Waals surface area contributed by atoms with Crippen molar-refractivity contribution >= 4 is 17.4 Å². The molecule has 0 spiro atoms. The van der Waals surface area contributed by atoms with Crippen molar-refractivity contribution in [3.63, 3.8) is 0 Å². The molecule has 0 radical (unpaired) electrons. The summed E-state index contributed by atoms with van der Waals surface area (Å²) < 4.78 is 32.7. The predicted octanol–water partition coefficient (Wildman–Crippen LogP) is 4.23. The van der Waals surface area contributed by atoms with E-state index in [0.29, 0.717) is 12.4 Å². The fourth-order valence-corrected chi connectivity index (χ4v) is 2.51. The standard InChI is InChI=1S/C20H17F2N3O2/c1-27-17-8-3-2-5-14(17)12-24-18-11-13(9-10-23-18)20(26)25-19-15(21)6-4-7-16(19)22/h2-11H,12H2,1H3,(H,23,24)(H,25,26). The number of methoxy groups -OCH3 is 1. The van der Waals surface area contributed by atoms with Crippen LogP contribution in [-0.2, 0) is 6.54 Å². The number of halogens is 2. The van der Waals surface area contributed by atoms with E-state index in [-0.39, 0.29) is 5.56 Å². The first-order chi connectivity index (χ1) is 13.1. The van der Waals surface area contributed by atoms with Crippen molar-refractivity contribution in [3.05, 3.63) is 83.6 Å². The number of pyridine rings is 1. The Balaban J connectivity index is 1.72. The molecule has 1 aromatic heterocycles. The average molecular weight is 369 g/mol. The Morgan fingerprint density at radius 2 is 1.81 bits per heavy atom. The van der Waals surface area contributed by atoms with Crippen molar-refractivity contribution in [1.82, 2.24) is 4.98 Å².